The van der Waals surface area contributed by atoms with Crippen molar-refractivity contribution in [1.29, 1.82) is 0 Å². The van der Waals surface area contributed by atoms with Crippen LogP contribution in [0.1, 0.15) is 54.2 Å². The molecule has 32 heavy (non-hydrogen) atoms. The van der Waals surface area contributed by atoms with Crippen molar-refractivity contribution in [2.45, 2.75) is 51.8 Å². The molecule has 1 saturated carbocycles. The number of anilines is 1. The van der Waals surface area contributed by atoms with Crippen LogP contribution in [-0.2, 0) is 0 Å². The molecule has 1 amide bonds. The molecule has 2 aromatic rings. The molecule has 6 nitrogen and oxygen atoms in total. The van der Waals surface area contributed by atoms with Crippen molar-refractivity contribution in [3.63, 3.8) is 0 Å². The monoisotopic (exact) mass is 478 g/mol. The van der Waals surface area contributed by atoms with Crippen molar-refractivity contribution in [1.82, 2.24) is 15.3 Å². The molecule has 12 heteroatoms. The highest BCUT2D eigenvalue weighted by atomic mass is 32.1. The fraction of sp³-hybridized carbons (Fsp3) is 0.550. The number of aliphatic hydroxyl groups is 1. The second kappa shape index (κ2) is 8.54. The van der Waals surface area contributed by atoms with E-state index in [1.807, 2.05) is 0 Å². The first-order valence-electron chi connectivity index (χ1n) is 9.79. The van der Waals surface area contributed by atoms with Crippen LogP contribution in [0.4, 0.5) is 27.8 Å². The topological polar surface area (TPSA) is 87.1 Å². The molecule has 3 N–H and O–H groups in total. The maximum atomic E-state index is 13.8. The standard InChI is InChI=1S/C20H23F5N4O2S/c1-10-14(32-17(29-10)16(30)28-8-18(2,3)31)12-7-26-13(6-11(12)15(21)22)27-9-19(4-5-19)20(23,24)25/h6-7,15,31H,4-5,8-9H2,1-3H3,(H,26,27)(H,28,30). The Morgan fingerprint density at radius 2 is 1.97 bits per heavy atom. The van der Waals surface area contributed by atoms with Crippen molar-refractivity contribution < 1.29 is 31.9 Å². The molecule has 0 aliphatic heterocycles. The Labute approximate surface area is 185 Å². The smallest absolute Gasteiger partial charge is 0.389 e. The summed E-state index contributed by atoms with van der Waals surface area (Å²) in [6.07, 6.45) is -6.16. The molecule has 176 valence electrons. The van der Waals surface area contributed by atoms with E-state index in [0.29, 0.717) is 10.6 Å². The number of hydrogen-bond acceptors (Lipinski definition) is 6. The van der Waals surface area contributed by atoms with Crippen molar-refractivity contribution in [2.75, 3.05) is 18.4 Å². The molecule has 0 atom stereocenters. The minimum Gasteiger partial charge on any atom is -0.389 e. The summed E-state index contributed by atoms with van der Waals surface area (Å²) in [5, 5.41) is 14.8. The number of aryl methyl sites for hydroxylation is 1. The summed E-state index contributed by atoms with van der Waals surface area (Å²) < 4.78 is 66.8. The van der Waals surface area contributed by atoms with E-state index >= 15 is 0 Å². The normalized spacial score (nSPS) is 15.7. The molecular weight excluding hydrogens is 455 g/mol. The zero-order chi connectivity index (χ0) is 23.9. The highest BCUT2D eigenvalue weighted by Gasteiger charge is 2.62. The Balaban J connectivity index is 1.82. The number of carbonyl (C=O) groups is 1. The summed E-state index contributed by atoms with van der Waals surface area (Å²) in [6, 6.07) is 1.03. The summed E-state index contributed by atoms with van der Waals surface area (Å²) in [6.45, 7) is 4.13. The van der Waals surface area contributed by atoms with Gasteiger partial charge in [-0.15, -0.1) is 11.3 Å². The minimum absolute atomic E-state index is 0.0122. The van der Waals surface area contributed by atoms with E-state index in [0.717, 1.165) is 23.6 Å². The molecule has 2 aromatic heterocycles. The van der Waals surface area contributed by atoms with Gasteiger partial charge < -0.3 is 15.7 Å². The second-order valence-corrected chi connectivity index (χ2v) is 9.52. The van der Waals surface area contributed by atoms with Crippen molar-refractivity contribution in [3.8, 4) is 10.4 Å². The van der Waals surface area contributed by atoms with Crippen LogP contribution in [0.3, 0.4) is 0 Å². The van der Waals surface area contributed by atoms with Gasteiger partial charge in [-0.2, -0.15) is 13.2 Å². The summed E-state index contributed by atoms with van der Waals surface area (Å²) in [5.41, 5.74) is -3.00. The zero-order valence-electron chi connectivity index (χ0n) is 17.6. The average molecular weight is 478 g/mol. The molecular formula is C20H23F5N4O2S. The largest absolute Gasteiger partial charge is 0.396 e. The van der Waals surface area contributed by atoms with Gasteiger partial charge in [0.15, 0.2) is 5.01 Å². The van der Waals surface area contributed by atoms with E-state index in [-0.39, 0.29) is 35.8 Å². The highest BCUT2D eigenvalue weighted by Crippen LogP contribution is 2.57. The Kier molecular flexibility index (Phi) is 6.49. The number of hydrogen-bond donors (Lipinski definition) is 3. The van der Waals surface area contributed by atoms with Gasteiger partial charge in [0.05, 0.1) is 21.6 Å². The Morgan fingerprint density at radius 1 is 1.31 bits per heavy atom. The van der Waals surface area contributed by atoms with Crippen LogP contribution in [0.25, 0.3) is 10.4 Å². The van der Waals surface area contributed by atoms with Gasteiger partial charge >= 0.3 is 6.18 Å². The number of amides is 1. The van der Waals surface area contributed by atoms with E-state index in [1.165, 1.54) is 13.8 Å². The number of thiazole rings is 1. The van der Waals surface area contributed by atoms with Crippen LogP contribution in [0.15, 0.2) is 12.3 Å². The van der Waals surface area contributed by atoms with Crippen molar-refractivity contribution in [3.05, 3.63) is 28.5 Å². The van der Waals surface area contributed by atoms with Gasteiger partial charge in [0.1, 0.15) is 5.82 Å². The van der Waals surface area contributed by atoms with Gasteiger partial charge in [-0.1, -0.05) is 0 Å². The lowest BCUT2D eigenvalue weighted by Gasteiger charge is -2.20. The Morgan fingerprint density at radius 3 is 2.50 bits per heavy atom. The number of alkyl halides is 5. The molecule has 0 aromatic carbocycles. The summed E-state index contributed by atoms with van der Waals surface area (Å²) >= 11 is 0.892. The fourth-order valence-electron chi connectivity index (χ4n) is 3.02. The maximum Gasteiger partial charge on any atom is 0.396 e. The van der Waals surface area contributed by atoms with Crippen LogP contribution in [-0.4, -0.2) is 45.8 Å². The molecule has 0 bridgehead atoms. The lowest BCUT2D eigenvalue weighted by molar-refractivity contribution is -0.182. The van der Waals surface area contributed by atoms with E-state index < -0.39 is 41.6 Å². The SMILES string of the molecule is Cc1nc(C(=O)NCC(C)(C)O)sc1-c1cnc(NCC2(C(F)(F)F)CC2)cc1C(F)F. The van der Waals surface area contributed by atoms with Crippen LogP contribution in [0, 0.1) is 12.3 Å². The fourth-order valence-corrected chi connectivity index (χ4v) is 4.04. The quantitative estimate of drug-likeness (QED) is 0.479. The van der Waals surface area contributed by atoms with Crippen molar-refractivity contribution >= 4 is 23.1 Å². The summed E-state index contributed by atoms with van der Waals surface area (Å²) in [4.78, 5) is 20.7. The molecule has 0 spiro atoms. The first-order valence-corrected chi connectivity index (χ1v) is 10.6. The van der Waals surface area contributed by atoms with Crippen LogP contribution < -0.4 is 10.6 Å². The van der Waals surface area contributed by atoms with Gasteiger partial charge in [0.2, 0.25) is 0 Å². The number of nitrogens with zero attached hydrogens (tertiary/aromatic N) is 2. The lowest BCUT2D eigenvalue weighted by atomic mass is 10.1. The van der Waals surface area contributed by atoms with Crippen LogP contribution in [0.5, 0.6) is 0 Å². The average Bonchev–Trinajstić information content (AvgIpc) is 3.39. The van der Waals surface area contributed by atoms with Gasteiger partial charge in [-0.25, -0.2) is 18.7 Å². The number of nitrogens with one attached hydrogen (secondary N) is 2. The first-order chi connectivity index (χ1) is 14.7. The molecule has 2 heterocycles. The van der Waals surface area contributed by atoms with Gasteiger partial charge in [0.25, 0.3) is 12.3 Å². The molecule has 1 aliphatic rings. The molecule has 0 radical (unpaired) electrons. The Hall–Kier alpha value is -2.34. The third-order valence-corrected chi connectivity index (χ3v) is 6.34. The second-order valence-electron chi connectivity index (χ2n) is 8.52. The number of rotatable bonds is 8. The molecule has 1 fully saturated rings. The lowest BCUT2D eigenvalue weighted by Crippen LogP contribution is -2.38. The molecule has 0 saturated heterocycles. The Bertz CT molecular complexity index is 997. The number of carbonyl (C=O) groups excluding carboxylic acids is 1. The number of halogens is 5. The predicted octanol–water partition coefficient (Wildman–Crippen LogP) is 4.71. The number of aromatic nitrogens is 2. The first kappa shape index (κ1) is 24.3. The van der Waals surface area contributed by atoms with E-state index in [1.54, 1.807) is 6.92 Å². The highest BCUT2D eigenvalue weighted by molar-refractivity contribution is 7.17. The summed E-state index contributed by atoms with van der Waals surface area (Å²) in [5.74, 6) is -0.636. The van der Waals surface area contributed by atoms with Crippen LogP contribution in [0.2, 0.25) is 0 Å². The maximum absolute atomic E-state index is 13.8. The van der Waals surface area contributed by atoms with Crippen LogP contribution >= 0.6 is 11.3 Å². The number of pyridine rings is 1. The van der Waals surface area contributed by atoms with Gasteiger partial charge in [-0.05, 0) is 39.7 Å². The zero-order valence-corrected chi connectivity index (χ0v) is 18.4. The van der Waals surface area contributed by atoms with E-state index in [2.05, 4.69) is 20.6 Å². The molecule has 1 aliphatic carbocycles. The van der Waals surface area contributed by atoms with E-state index in [4.69, 9.17) is 0 Å². The van der Waals surface area contributed by atoms with E-state index in [9.17, 15) is 31.9 Å². The molecule has 0 unspecified atom stereocenters. The van der Waals surface area contributed by atoms with Crippen molar-refractivity contribution in [2.24, 2.45) is 5.41 Å². The van der Waals surface area contributed by atoms with Gasteiger partial charge in [0, 0.05) is 30.4 Å². The molecule has 3 rings (SSSR count). The summed E-state index contributed by atoms with van der Waals surface area (Å²) in [7, 11) is 0. The third-order valence-electron chi connectivity index (χ3n) is 5.15. The minimum atomic E-state index is -4.37. The third kappa shape index (κ3) is 5.34. The predicted molar refractivity (Wildman–Crippen MR) is 110 cm³/mol. The van der Waals surface area contributed by atoms with Gasteiger partial charge in [-0.3, -0.25) is 4.79 Å².